The molecule has 0 heterocycles. The third-order valence-corrected chi connectivity index (χ3v) is 3.41. The average Bonchev–Trinajstić information content (AvgIpc) is 2.59. The average molecular weight is 352 g/mol. The Morgan fingerprint density at radius 1 is 0.958 bits per heavy atom. The van der Waals surface area contributed by atoms with Crippen molar-refractivity contribution >= 4 is 17.5 Å². The number of unbranched alkanes of at least 4 members (excludes halogenated alkanes) is 1. The van der Waals surface area contributed by atoms with E-state index in [1.54, 1.807) is 36.4 Å². The molecule has 0 spiro atoms. The third kappa shape index (κ3) is 6.87. The van der Waals surface area contributed by atoms with E-state index in [9.17, 15) is 9.18 Å². The van der Waals surface area contributed by atoms with Crippen LogP contribution in [-0.4, -0.2) is 25.7 Å². The van der Waals surface area contributed by atoms with E-state index in [2.05, 4.69) is 5.32 Å². The van der Waals surface area contributed by atoms with Crippen molar-refractivity contribution < 1.29 is 18.7 Å². The lowest BCUT2D eigenvalue weighted by molar-refractivity contribution is -0.123. The molecule has 4 nitrogen and oxygen atoms in total. The van der Waals surface area contributed by atoms with Gasteiger partial charge < -0.3 is 14.8 Å². The lowest BCUT2D eigenvalue weighted by Gasteiger charge is -2.08. The first-order valence-corrected chi connectivity index (χ1v) is 8.05. The zero-order valence-corrected chi connectivity index (χ0v) is 13.9. The molecule has 0 aliphatic carbocycles. The highest BCUT2D eigenvalue weighted by atomic mass is 35.5. The lowest BCUT2D eigenvalue weighted by Crippen LogP contribution is -2.29. The summed E-state index contributed by atoms with van der Waals surface area (Å²) in [6.07, 6.45) is 1.57. The van der Waals surface area contributed by atoms with Gasteiger partial charge in [-0.1, -0.05) is 11.6 Å². The summed E-state index contributed by atoms with van der Waals surface area (Å²) in [5, 5.41) is 3.40. The number of carbonyl (C=O) groups is 1. The summed E-state index contributed by atoms with van der Waals surface area (Å²) < 4.78 is 23.5. The van der Waals surface area contributed by atoms with Gasteiger partial charge in [0.15, 0.2) is 6.61 Å². The van der Waals surface area contributed by atoms with Crippen molar-refractivity contribution in [2.45, 2.75) is 12.8 Å². The Bertz CT molecular complexity index is 632. The fourth-order valence-corrected chi connectivity index (χ4v) is 2.03. The van der Waals surface area contributed by atoms with Crippen molar-refractivity contribution in [2.24, 2.45) is 0 Å². The van der Waals surface area contributed by atoms with Crippen molar-refractivity contribution in [2.75, 3.05) is 19.8 Å². The van der Waals surface area contributed by atoms with Crippen molar-refractivity contribution in [1.82, 2.24) is 5.32 Å². The Hall–Kier alpha value is -2.27. The monoisotopic (exact) mass is 351 g/mol. The summed E-state index contributed by atoms with van der Waals surface area (Å²) in [7, 11) is 0. The summed E-state index contributed by atoms with van der Waals surface area (Å²) in [5.74, 6) is 0.773. The molecule has 0 atom stereocenters. The zero-order valence-electron chi connectivity index (χ0n) is 13.1. The molecule has 1 amide bonds. The zero-order chi connectivity index (χ0) is 17.2. The molecule has 1 N–H and O–H groups in total. The van der Waals surface area contributed by atoms with Crippen LogP contribution in [0.25, 0.3) is 0 Å². The second-order valence-electron chi connectivity index (χ2n) is 5.10. The Kier molecular flexibility index (Phi) is 7.36. The molecule has 0 aliphatic rings. The van der Waals surface area contributed by atoms with Crippen molar-refractivity contribution in [3.63, 3.8) is 0 Å². The maximum atomic E-state index is 12.7. The number of hydrogen-bond acceptors (Lipinski definition) is 3. The minimum atomic E-state index is -0.286. The van der Waals surface area contributed by atoms with Gasteiger partial charge in [0, 0.05) is 11.6 Å². The molecule has 2 rings (SSSR count). The fourth-order valence-electron chi connectivity index (χ4n) is 1.91. The molecular formula is C18H19ClFNO3. The minimum absolute atomic E-state index is 0.0340. The van der Waals surface area contributed by atoms with E-state index in [0.29, 0.717) is 29.7 Å². The Balaban J connectivity index is 1.51. The molecule has 2 aromatic carbocycles. The highest BCUT2D eigenvalue weighted by Gasteiger charge is 2.02. The smallest absolute Gasteiger partial charge is 0.257 e. The largest absolute Gasteiger partial charge is 0.494 e. The molecule has 24 heavy (non-hydrogen) atoms. The van der Waals surface area contributed by atoms with E-state index in [1.165, 1.54) is 12.1 Å². The Labute approximate surface area is 145 Å². The van der Waals surface area contributed by atoms with E-state index in [4.69, 9.17) is 21.1 Å². The maximum Gasteiger partial charge on any atom is 0.257 e. The summed E-state index contributed by atoms with van der Waals surface area (Å²) in [5.41, 5.74) is 0. The van der Waals surface area contributed by atoms with Gasteiger partial charge in [0.1, 0.15) is 17.3 Å². The van der Waals surface area contributed by atoms with Crippen molar-refractivity contribution in [3.05, 3.63) is 59.4 Å². The summed E-state index contributed by atoms with van der Waals surface area (Å²) >= 11 is 5.77. The second kappa shape index (κ2) is 9.78. The fraction of sp³-hybridized carbons (Fsp3) is 0.278. The van der Waals surface area contributed by atoms with Crippen LogP contribution in [0.1, 0.15) is 12.8 Å². The molecule has 0 aromatic heterocycles. The van der Waals surface area contributed by atoms with Gasteiger partial charge in [0.25, 0.3) is 5.91 Å². The second-order valence-corrected chi connectivity index (χ2v) is 5.54. The van der Waals surface area contributed by atoms with Crippen LogP contribution in [0.3, 0.4) is 0 Å². The van der Waals surface area contributed by atoms with Gasteiger partial charge in [-0.25, -0.2) is 4.39 Å². The molecule has 0 saturated carbocycles. The first-order valence-electron chi connectivity index (χ1n) is 7.67. The van der Waals surface area contributed by atoms with E-state index in [0.717, 1.165) is 12.8 Å². The molecule has 0 saturated heterocycles. The van der Waals surface area contributed by atoms with Gasteiger partial charge in [-0.2, -0.15) is 0 Å². The first-order chi connectivity index (χ1) is 11.6. The first kappa shape index (κ1) is 18.1. The minimum Gasteiger partial charge on any atom is -0.494 e. The SMILES string of the molecule is O=C(COc1ccc(Cl)cc1)NCCCCOc1ccc(F)cc1. The number of hydrogen-bond donors (Lipinski definition) is 1. The van der Waals surface area contributed by atoms with Crippen LogP contribution < -0.4 is 14.8 Å². The number of rotatable bonds is 9. The predicted molar refractivity (Wildman–Crippen MR) is 91.1 cm³/mol. The van der Waals surface area contributed by atoms with Crippen LogP contribution in [0.2, 0.25) is 5.02 Å². The number of ether oxygens (including phenoxy) is 2. The standard InChI is InChI=1S/C18H19ClFNO3/c19-14-3-7-17(8-4-14)24-13-18(22)21-11-1-2-12-23-16-9-5-15(20)6-10-16/h3-10H,1-2,11-13H2,(H,21,22). The molecule has 6 heteroatoms. The molecule has 128 valence electrons. The third-order valence-electron chi connectivity index (χ3n) is 3.16. The number of amides is 1. The van der Waals surface area contributed by atoms with Crippen LogP contribution >= 0.6 is 11.6 Å². The van der Waals surface area contributed by atoms with E-state index < -0.39 is 0 Å². The van der Waals surface area contributed by atoms with Crippen molar-refractivity contribution in [1.29, 1.82) is 0 Å². The van der Waals surface area contributed by atoms with Crippen LogP contribution in [-0.2, 0) is 4.79 Å². The molecule has 0 fully saturated rings. The van der Waals surface area contributed by atoms with Crippen LogP contribution in [0.5, 0.6) is 11.5 Å². The lowest BCUT2D eigenvalue weighted by atomic mass is 10.3. The normalized spacial score (nSPS) is 10.2. The topological polar surface area (TPSA) is 47.6 Å². The van der Waals surface area contributed by atoms with E-state index in [1.807, 2.05) is 0 Å². The maximum absolute atomic E-state index is 12.7. The number of nitrogens with one attached hydrogen (secondary N) is 1. The van der Waals surface area contributed by atoms with Gasteiger partial charge in [-0.05, 0) is 61.4 Å². The Morgan fingerprint density at radius 2 is 1.58 bits per heavy atom. The van der Waals surface area contributed by atoms with Gasteiger partial charge in [-0.15, -0.1) is 0 Å². The van der Waals surface area contributed by atoms with Gasteiger partial charge in [-0.3, -0.25) is 4.79 Å². The van der Waals surface area contributed by atoms with E-state index >= 15 is 0 Å². The van der Waals surface area contributed by atoms with Crippen LogP contribution in [0, 0.1) is 5.82 Å². The number of carbonyl (C=O) groups excluding carboxylic acids is 1. The molecule has 2 aromatic rings. The van der Waals surface area contributed by atoms with Crippen LogP contribution in [0.4, 0.5) is 4.39 Å². The van der Waals surface area contributed by atoms with Gasteiger partial charge in [0.05, 0.1) is 6.61 Å². The quantitative estimate of drug-likeness (QED) is 0.698. The van der Waals surface area contributed by atoms with Gasteiger partial charge in [0.2, 0.25) is 0 Å². The summed E-state index contributed by atoms with van der Waals surface area (Å²) in [6.45, 7) is 1.03. The van der Waals surface area contributed by atoms with Gasteiger partial charge >= 0.3 is 0 Å². The molecule has 0 aliphatic heterocycles. The highest BCUT2D eigenvalue weighted by molar-refractivity contribution is 6.30. The molecular weight excluding hydrogens is 333 g/mol. The van der Waals surface area contributed by atoms with Crippen molar-refractivity contribution in [3.8, 4) is 11.5 Å². The highest BCUT2D eigenvalue weighted by Crippen LogP contribution is 2.15. The van der Waals surface area contributed by atoms with E-state index in [-0.39, 0.29) is 18.3 Å². The Morgan fingerprint density at radius 3 is 2.29 bits per heavy atom. The predicted octanol–water partition coefficient (Wildman–Crippen LogP) is 3.83. The number of benzene rings is 2. The summed E-state index contributed by atoms with van der Waals surface area (Å²) in [4.78, 5) is 11.6. The molecule has 0 unspecified atom stereocenters. The number of halogens is 2. The van der Waals surface area contributed by atoms with Crippen LogP contribution in [0.15, 0.2) is 48.5 Å². The molecule has 0 bridgehead atoms. The summed E-state index contributed by atoms with van der Waals surface area (Å²) in [6, 6.07) is 12.7. The molecule has 0 radical (unpaired) electrons.